The molecular weight excluding hydrogens is 278 g/mol. The van der Waals surface area contributed by atoms with Crippen LogP contribution in [0.3, 0.4) is 0 Å². The zero-order valence-electron chi connectivity index (χ0n) is 12.0. The highest BCUT2D eigenvalue weighted by atomic mass is 16.1. The van der Waals surface area contributed by atoms with Crippen LogP contribution in [0.4, 0.5) is 17.5 Å². The van der Waals surface area contributed by atoms with Crippen molar-refractivity contribution < 1.29 is 4.79 Å². The van der Waals surface area contributed by atoms with Crippen LogP contribution in [0.15, 0.2) is 48.5 Å². The lowest BCUT2D eigenvalue weighted by Crippen LogP contribution is -2.17. The molecule has 6 heteroatoms. The number of carbonyl (C=O) groups excluding carboxylic acids is 1. The molecule has 6 nitrogen and oxygen atoms in total. The molecule has 0 saturated heterocycles. The highest BCUT2D eigenvalue weighted by Crippen LogP contribution is 2.21. The highest BCUT2D eigenvalue weighted by molar-refractivity contribution is 5.94. The fourth-order valence-electron chi connectivity index (χ4n) is 2.14. The van der Waals surface area contributed by atoms with E-state index in [0.29, 0.717) is 17.3 Å². The molecule has 0 radical (unpaired) electrons. The van der Waals surface area contributed by atoms with Gasteiger partial charge in [0.25, 0.3) is 5.91 Å². The SMILES string of the molecule is CNC(=O)c1ccc(Nc2nc(N)c3ccccc3n2)cc1. The number of aromatic nitrogens is 2. The van der Waals surface area contributed by atoms with Crippen molar-refractivity contribution >= 4 is 34.3 Å². The molecule has 1 amide bonds. The number of fused-ring (bicyclic) bond motifs is 1. The Bertz CT molecular complexity index is 830. The van der Waals surface area contributed by atoms with E-state index in [1.165, 1.54) is 0 Å². The van der Waals surface area contributed by atoms with E-state index in [4.69, 9.17) is 5.73 Å². The maximum absolute atomic E-state index is 11.5. The maximum Gasteiger partial charge on any atom is 0.251 e. The third-order valence-corrected chi connectivity index (χ3v) is 3.26. The first-order valence-electron chi connectivity index (χ1n) is 6.79. The number of anilines is 3. The van der Waals surface area contributed by atoms with Crippen LogP contribution in [-0.2, 0) is 0 Å². The lowest BCUT2D eigenvalue weighted by Gasteiger charge is -2.08. The smallest absolute Gasteiger partial charge is 0.251 e. The maximum atomic E-state index is 11.5. The number of nitrogens with zero attached hydrogens (tertiary/aromatic N) is 2. The van der Waals surface area contributed by atoms with Gasteiger partial charge >= 0.3 is 0 Å². The third kappa shape index (κ3) is 2.67. The quantitative estimate of drug-likeness (QED) is 0.689. The minimum Gasteiger partial charge on any atom is -0.383 e. The number of nitrogens with one attached hydrogen (secondary N) is 2. The number of hydrogen-bond donors (Lipinski definition) is 3. The summed E-state index contributed by atoms with van der Waals surface area (Å²) in [6.45, 7) is 0. The summed E-state index contributed by atoms with van der Waals surface area (Å²) in [4.78, 5) is 20.2. The molecule has 0 bridgehead atoms. The summed E-state index contributed by atoms with van der Waals surface area (Å²) in [7, 11) is 1.60. The molecule has 4 N–H and O–H groups in total. The van der Waals surface area contributed by atoms with Gasteiger partial charge in [-0.2, -0.15) is 4.98 Å². The van der Waals surface area contributed by atoms with Crippen molar-refractivity contribution in [2.45, 2.75) is 0 Å². The molecule has 0 aliphatic carbocycles. The Morgan fingerprint density at radius 1 is 1.05 bits per heavy atom. The average molecular weight is 293 g/mol. The van der Waals surface area contributed by atoms with E-state index in [9.17, 15) is 4.79 Å². The number of benzene rings is 2. The van der Waals surface area contributed by atoms with Gasteiger partial charge in [-0.05, 0) is 36.4 Å². The fraction of sp³-hybridized carbons (Fsp3) is 0.0625. The van der Waals surface area contributed by atoms with Crippen LogP contribution < -0.4 is 16.4 Å². The van der Waals surface area contributed by atoms with Crippen molar-refractivity contribution in [1.29, 1.82) is 0 Å². The highest BCUT2D eigenvalue weighted by Gasteiger charge is 2.06. The van der Waals surface area contributed by atoms with Gasteiger partial charge in [0.15, 0.2) is 0 Å². The Morgan fingerprint density at radius 2 is 1.77 bits per heavy atom. The summed E-state index contributed by atoms with van der Waals surface area (Å²) in [5.41, 5.74) is 8.10. The van der Waals surface area contributed by atoms with E-state index >= 15 is 0 Å². The van der Waals surface area contributed by atoms with Crippen LogP contribution >= 0.6 is 0 Å². The molecule has 0 spiro atoms. The molecule has 0 fully saturated rings. The number of rotatable bonds is 3. The first-order chi connectivity index (χ1) is 10.7. The molecule has 3 rings (SSSR count). The monoisotopic (exact) mass is 293 g/mol. The van der Waals surface area contributed by atoms with Crippen molar-refractivity contribution in [2.24, 2.45) is 0 Å². The zero-order chi connectivity index (χ0) is 15.5. The summed E-state index contributed by atoms with van der Waals surface area (Å²) < 4.78 is 0. The molecule has 3 aromatic rings. The van der Waals surface area contributed by atoms with Gasteiger partial charge < -0.3 is 16.4 Å². The molecule has 0 saturated carbocycles. The lowest BCUT2D eigenvalue weighted by molar-refractivity contribution is 0.0963. The number of carbonyl (C=O) groups is 1. The van der Waals surface area contributed by atoms with Crippen LogP contribution in [0.2, 0.25) is 0 Å². The van der Waals surface area contributed by atoms with Gasteiger partial charge in [0.05, 0.1) is 5.52 Å². The van der Waals surface area contributed by atoms with Crippen LogP contribution in [0.5, 0.6) is 0 Å². The van der Waals surface area contributed by atoms with Gasteiger partial charge in [-0.25, -0.2) is 4.98 Å². The van der Waals surface area contributed by atoms with Gasteiger partial charge in [-0.3, -0.25) is 4.79 Å². The molecule has 1 aromatic heterocycles. The normalized spacial score (nSPS) is 10.4. The molecule has 0 atom stereocenters. The zero-order valence-corrected chi connectivity index (χ0v) is 12.0. The second kappa shape index (κ2) is 5.69. The van der Waals surface area contributed by atoms with Gasteiger partial charge in [0, 0.05) is 23.7 Å². The largest absolute Gasteiger partial charge is 0.383 e. The number of amides is 1. The summed E-state index contributed by atoms with van der Waals surface area (Å²) in [6.07, 6.45) is 0. The van der Waals surface area contributed by atoms with E-state index < -0.39 is 0 Å². The topological polar surface area (TPSA) is 92.9 Å². The van der Waals surface area contributed by atoms with Gasteiger partial charge in [0.1, 0.15) is 5.82 Å². The Labute approximate surface area is 127 Å². The summed E-state index contributed by atoms with van der Waals surface area (Å²) >= 11 is 0. The molecule has 1 heterocycles. The van der Waals surface area contributed by atoms with Gasteiger partial charge in [-0.1, -0.05) is 12.1 Å². The summed E-state index contributed by atoms with van der Waals surface area (Å²) in [6, 6.07) is 14.6. The Morgan fingerprint density at radius 3 is 2.50 bits per heavy atom. The number of hydrogen-bond acceptors (Lipinski definition) is 5. The minimum absolute atomic E-state index is 0.127. The van der Waals surface area contributed by atoms with Crippen LogP contribution in [0.1, 0.15) is 10.4 Å². The van der Waals surface area contributed by atoms with Crippen molar-refractivity contribution in [3.05, 3.63) is 54.1 Å². The minimum atomic E-state index is -0.127. The Balaban J connectivity index is 1.88. The molecule has 0 unspecified atom stereocenters. The standard InChI is InChI=1S/C16H15N5O/c1-18-15(22)10-6-8-11(9-7-10)19-16-20-13-5-3-2-4-12(13)14(17)21-16/h2-9H,1H3,(H,18,22)(H3,17,19,20,21). The molecule has 110 valence electrons. The van der Waals surface area contributed by atoms with Crippen molar-refractivity contribution in [2.75, 3.05) is 18.1 Å². The predicted octanol–water partition coefficient (Wildman–Crippen LogP) is 2.32. The third-order valence-electron chi connectivity index (χ3n) is 3.26. The van der Waals surface area contributed by atoms with E-state index in [1.807, 2.05) is 24.3 Å². The molecule has 0 aliphatic heterocycles. The lowest BCUT2D eigenvalue weighted by atomic mass is 10.2. The predicted molar refractivity (Wildman–Crippen MR) is 87.1 cm³/mol. The van der Waals surface area contributed by atoms with E-state index in [0.717, 1.165) is 16.6 Å². The first kappa shape index (κ1) is 13.8. The second-order valence-corrected chi connectivity index (χ2v) is 4.73. The molecule has 22 heavy (non-hydrogen) atoms. The van der Waals surface area contributed by atoms with E-state index in [-0.39, 0.29) is 5.91 Å². The van der Waals surface area contributed by atoms with Crippen LogP contribution in [-0.4, -0.2) is 22.9 Å². The summed E-state index contributed by atoms with van der Waals surface area (Å²) in [5.74, 6) is 0.719. The van der Waals surface area contributed by atoms with Gasteiger partial charge in [-0.15, -0.1) is 0 Å². The molecule has 2 aromatic carbocycles. The van der Waals surface area contributed by atoms with Gasteiger partial charge in [0.2, 0.25) is 5.95 Å². The Hall–Kier alpha value is -3.15. The van der Waals surface area contributed by atoms with Crippen LogP contribution in [0, 0.1) is 0 Å². The van der Waals surface area contributed by atoms with Crippen molar-refractivity contribution in [3.8, 4) is 0 Å². The van der Waals surface area contributed by atoms with Crippen LogP contribution in [0.25, 0.3) is 10.9 Å². The van der Waals surface area contributed by atoms with E-state index in [2.05, 4.69) is 20.6 Å². The summed E-state index contributed by atoms with van der Waals surface area (Å²) in [5, 5.41) is 6.49. The second-order valence-electron chi connectivity index (χ2n) is 4.73. The number of nitrogens with two attached hydrogens (primary N) is 1. The first-order valence-corrected chi connectivity index (χ1v) is 6.79. The van der Waals surface area contributed by atoms with Crippen molar-refractivity contribution in [1.82, 2.24) is 15.3 Å². The molecule has 0 aliphatic rings. The van der Waals surface area contributed by atoms with E-state index in [1.54, 1.807) is 31.3 Å². The average Bonchev–Trinajstić information content (AvgIpc) is 2.55. The fourth-order valence-corrected chi connectivity index (χ4v) is 2.14. The Kier molecular flexibility index (Phi) is 3.57. The number of para-hydroxylation sites is 1. The number of nitrogen functional groups attached to an aromatic ring is 1. The molecular formula is C16H15N5O. The van der Waals surface area contributed by atoms with Crippen molar-refractivity contribution in [3.63, 3.8) is 0 Å².